The molecule has 0 saturated heterocycles. The molecular weight excluding hydrogens is 268 g/mol. The Morgan fingerprint density at radius 3 is 2.33 bits per heavy atom. The molecule has 1 aromatic rings. The molecule has 0 heterocycles. The molecule has 0 spiro atoms. The smallest absolute Gasteiger partial charge is 0.225 e. The van der Waals surface area contributed by atoms with E-state index < -0.39 is 11.5 Å². The summed E-state index contributed by atoms with van der Waals surface area (Å²) in [4.78, 5) is 23.3. The number of aliphatic hydroxyl groups is 1. The van der Waals surface area contributed by atoms with Gasteiger partial charge in [0.1, 0.15) is 0 Å². The van der Waals surface area contributed by atoms with Gasteiger partial charge in [-0.05, 0) is 5.56 Å². The third-order valence-corrected chi connectivity index (χ3v) is 3.00. The lowest BCUT2D eigenvalue weighted by molar-refractivity contribution is -0.128. The van der Waals surface area contributed by atoms with Gasteiger partial charge in [-0.3, -0.25) is 9.59 Å². The van der Waals surface area contributed by atoms with Gasteiger partial charge in [-0.15, -0.1) is 0 Å². The van der Waals surface area contributed by atoms with Crippen molar-refractivity contribution in [1.29, 1.82) is 0 Å². The molecule has 5 nitrogen and oxygen atoms in total. The van der Waals surface area contributed by atoms with Crippen molar-refractivity contribution in [3.8, 4) is 0 Å². The zero-order valence-electron chi connectivity index (χ0n) is 12.8. The van der Waals surface area contributed by atoms with E-state index in [0.717, 1.165) is 5.56 Å². The minimum absolute atomic E-state index is 0.0837. The van der Waals surface area contributed by atoms with Crippen LogP contribution in [-0.4, -0.2) is 30.0 Å². The molecule has 5 heteroatoms. The first-order chi connectivity index (χ1) is 9.80. The maximum absolute atomic E-state index is 11.6. The molecule has 0 aliphatic heterocycles. The molecule has 0 aromatic heterocycles. The van der Waals surface area contributed by atoms with Crippen LogP contribution in [0.15, 0.2) is 30.3 Å². The Bertz CT molecular complexity index is 466. The lowest BCUT2D eigenvalue weighted by Gasteiger charge is -2.17. The number of rotatable bonds is 6. The van der Waals surface area contributed by atoms with Crippen molar-refractivity contribution >= 4 is 11.8 Å². The third-order valence-electron chi connectivity index (χ3n) is 3.00. The fraction of sp³-hybridized carbons (Fsp3) is 0.500. The number of amides is 2. The van der Waals surface area contributed by atoms with Crippen LogP contribution in [0.3, 0.4) is 0 Å². The second-order valence-electron chi connectivity index (χ2n) is 5.99. The fourth-order valence-corrected chi connectivity index (χ4v) is 1.65. The van der Waals surface area contributed by atoms with Crippen molar-refractivity contribution in [3.63, 3.8) is 0 Å². The van der Waals surface area contributed by atoms with E-state index in [1.165, 1.54) is 0 Å². The summed E-state index contributed by atoms with van der Waals surface area (Å²) in [6.45, 7) is 5.91. The summed E-state index contributed by atoms with van der Waals surface area (Å²) in [5, 5.41) is 15.3. The van der Waals surface area contributed by atoms with Gasteiger partial charge in [-0.25, -0.2) is 0 Å². The van der Waals surface area contributed by atoms with Gasteiger partial charge in [0.25, 0.3) is 0 Å². The molecule has 0 fully saturated rings. The van der Waals surface area contributed by atoms with Crippen LogP contribution in [0.25, 0.3) is 0 Å². The van der Waals surface area contributed by atoms with Gasteiger partial charge in [0.05, 0.1) is 6.10 Å². The SMILES string of the molecule is CC(C)(C)C(=O)NCCC(=O)NCC(O)c1ccccc1. The first kappa shape index (κ1) is 17.2. The van der Waals surface area contributed by atoms with Crippen LogP contribution in [0.1, 0.15) is 38.9 Å². The van der Waals surface area contributed by atoms with Gasteiger partial charge in [0.15, 0.2) is 0 Å². The molecule has 1 rings (SSSR count). The third kappa shape index (κ3) is 6.40. The van der Waals surface area contributed by atoms with Crippen molar-refractivity contribution in [2.24, 2.45) is 5.41 Å². The maximum Gasteiger partial charge on any atom is 0.225 e. The number of benzene rings is 1. The van der Waals surface area contributed by atoms with E-state index in [9.17, 15) is 14.7 Å². The minimum Gasteiger partial charge on any atom is -0.387 e. The Labute approximate surface area is 125 Å². The number of hydrogen-bond acceptors (Lipinski definition) is 3. The molecule has 3 N–H and O–H groups in total. The minimum atomic E-state index is -0.723. The van der Waals surface area contributed by atoms with Crippen LogP contribution >= 0.6 is 0 Å². The van der Waals surface area contributed by atoms with Gasteiger partial charge in [-0.1, -0.05) is 51.1 Å². The van der Waals surface area contributed by atoms with E-state index in [1.807, 2.05) is 39.0 Å². The molecule has 1 atom stereocenters. The van der Waals surface area contributed by atoms with Crippen molar-refractivity contribution in [1.82, 2.24) is 10.6 Å². The van der Waals surface area contributed by atoms with Crippen LogP contribution in [0.4, 0.5) is 0 Å². The lowest BCUT2D eigenvalue weighted by atomic mass is 9.96. The monoisotopic (exact) mass is 292 g/mol. The average Bonchev–Trinajstić information content (AvgIpc) is 2.44. The second kappa shape index (κ2) is 7.78. The highest BCUT2D eigenvalue weighted by atomic mass is 16.3. The van der Waals surface area contributed by atoms with E-state index in [-0.39, 0.29) is 24.8 Å². The van der Waals surface area contributed by atoms with Gasteiger partial charge in [0.2, 0.25) is 11.8 Å². The van der Waals surface area contributed by atoms with Gasteiger partial charge < -0.3 is 15.7 Å². The molecule has 1 unspecified atom stereocenters. The molecule has 0 aliphatic carbocycles. The number of hydrogen-bond donors (Lipinski definition) is 3. The highest BCUT2D eigenvalue weighted by Crippen LogP contribution is 2.12. The van der Waals surface area contributed by atoms with Crippen LogP contribution in [0, 0.1) is 5.41 Å². The van der Waals surface area contributed by atoms with Crippen LogP contribution < -0.4 is 10.6 Å². The Morgan fingerprint density at radius 2 is 1.76 bits per heavy atom. The van der Waals surface area contributed by atoms with Gasteiger partial charge in [-0.2, -0.15) is 0 Å². The largest absolute Gasteiger partial charge is 0.387 e. The van der Waals surface area contributed by atoms with Crippen LogP contribution in [0.5, 0.6) is 0 Å². The highest BCUT2D eigenvalue weighted by molar-refractivity contribution is 5.82. The molecule has 0 saturated carbocycles. The standard InChI is InChI=1S/C16H24N2O3/c1-16(2,3)15(21)17-10-9-14(20)18-11-13(19)12-7-5-4-6-8-12/h4-8,13,19H,9-11H2,1-3H3,(H,17,21)(H,18,20). The first-order valence-corrected chi connectivity index (χ1v) is 7.08. The van der Waals surface area contributed by atoms with Crippen LogP contribution in [0.2, 0.25) is 0 Å². The molecule has 0 radical (unpaired) electrons. The number of aliphatic hydroxyl groups excluding tert-OH is 1. The van der Waals surface area contributed by atoms with Crippen molar-refractivity contribution < 1.29 is 14.7 Å². The number of carbonyl (C=O) groups is 2. The Morgan fingerprint density at radius 1 is 1.14 bits per heavy atom. The lowest BCUT2D eigenvalue weighted by Crippen LogP contribution is -2.37. The Kier molecular flexibility index (Phi) is 6.37. The van der Waals surface area contributed by atoms with Crippen molar-refractivity contribution in [2.75, 3.05) is 13.1 Å². The molecule has 0 bridgehead atoms. The van der Waals surface area contributed by atoms with Gasteiger partial charge >= 0.3 is 0 Å². The zero-order chi connectivity index (χ0) is 15.9. The number of nitrogens with one attached hydrogen (secondary N) is 2. The van der Waals surface area contributed by atoms with E-state index >= 15 is 0 Å². The van der Waals surface area contributed by atoms with Crippen LogP contribution in [-0.2, 0) is 9.59 Å². The summed E-state index contributed by atoms with van der Waals surface area (Å²) >= 11 is 0. The van der Waals surface area contributed by atoms with E-state index in [0.29, 0.717) is 6.54 Å². The second-order valence-corrected chi connectivity index (χ2v) is 5.99. The van der Waals surface area contributed by atoms with Gasteiger partial charge in [0, 0.05) is 24.9 Å². The Hall–Kier alpha value is -1.88. The summed E-state index contributed by atoms with van der Waals surface area (Å²) in [7, 11) is 0. The predicted octanol–water partition coefficient (Wildman–Crippen LogP) is 1.39. The topological polar surface area (TPSA) is 78.4 Å². The maximum atomic E-state index is 11.6. The van der Waals surface area contributed by atoms with Crippen molar-refractivity contribution in [3.05, 3.63) is 35.9 Å². The summed E-state index contributed by atoms with van der Waals surface area (Å²) in [5.41, 5.74) is 0.304. The molecule has 0 aliphatic rings. The summed E-state index contributed by atoms with van der Waals surface area (Å²) < 4.78 is 0. The highest BCUT2D eigenvalue weighted by Gasteiger charge is 2.20. The predicted molar refractivity (Wildman–Crippen MR) is 81.5 cm³/mol. The molecule has 1 aromatic carbocycles. The van der Waals surface area contributed by atoms with E-state index in [4.69, 9.17) is 0 Å². The molecular formula is C16H24N2O3. The van der Waals surface area contributed by atoms with Crippen molar-refractivity contribution in [2.45, 2.75) is 33.3 Å². The Balaban J connectivity index is 2.24. The average molecular weight is 292 g/mol. The zero-order valence-corrected chi connectivity index (χ0v) is 12.8. The first-order valence-electron chi connectivity index (χ1n) is 7.08. The summed E-state index contributed by atoms with van der Waals surface area (Å²) in [5.74, 6) is -0.279. The quantitative estimate of drug-likeness (QED) is 0.741. The normalized spacial score (nSPS) is 12.6. The van der Waals surface area contributed by atoms with E-state index in [2.05, 4.69) is 10.6 Å². The fourth-order valence-electron chi connectivity index (χ4n) is 1.65. The molecule has 2 amide bonds. The summed E-state index contributed by atoms with van der Waals surface area (Å²) in [6.07, 6.45) is -0.525. The van der Waals surface area contributed by atoms with E-state index in [1.54, 1.807) is 12.1 Å². The molecule has 21 heavy (non-hydrogen) atoms. The summed E-state index contributed by atoms with van der Waals surface area (Å²) in [6, 6.07) is 9.15. The number of carbonyl (C=O) groups excluding carboxylic acids is 2. The molecule has 116 valence electrons.